The molecule has 3 heterocycles. The third-order valence-corrected chi connectivity index (χ3v) is 7.65. The van der Waals surface area contributed by atoms with E-state index in [1.165, 1.54) is 30.5 Å². The molecule has 8 nitrogen and oxygen atoms in total. The van der Waals surface area contributed by atoms with Gasteiger partial charge in [0, 0.05) is 77.5 Å². The van der Waals surface area contributed by atoms with Crippen LogP contribution in [-0.2, 0) is 19.0 Å². The predicted molar refractivity (Wildman–Crippen MR) is 123 cm³/mol. The molecule has 0 aromatic heterocycles. The number of likely N-dealkylation sites (tertiary alicyclic amines) is 1. The highest BCUT2D eigenvalue weighted by Crippen LogP contribution is 2.40. The zero-order valence-corrected chi connectivity index (χ0v) is 19.5. The van der Waals surface area contributed by atoms with Crippen LogP contribution in [0.1, 0.15) is 38.5 Å². The van der Waals surface area contributed by atoms with Crippen LogP contribution in [0.2, 0.25) is 0 Å². The second-order valence-electron chi connectivity index (χ2n) is 9.47. The summed E-state index contributed by atoms with van der Waals surface area (Å²) in [6.45, 7) is 9.26. The molecule has 2 aliphatic carbocycles. The number of carbonyl (C=O) groups is 1. The Morgan fingerprint density at radius 1 is 1.19 bits per heavy atom. The Balaban J connectivity index is 0.000000775. The van der Waals surface area contributed by atoms with Crippen LogP contribution in [0, 0.1) is 0 Å². The molecule has 3 saturated heterocycles. The van der Waals surface area contributed by atoms with Crippen molar-refractivity contribution in [2.24, 2.45) is 5.73 Å². The number of allylic oxidation sites excluding steroid dienone is 1. The number of amides is 1. The zero-order valence-electron chi connectivity index (χ0n) is 19.5. The number of hydrogen-bond donors (Lipinski definition) is 1. The van der Waals surface area contributed by atoms with Gasteiger partial charge in [-0.05, 0) is 30.9 Å². The first-order chi connectivity index (χ1) is 15.7. The van der Waals surface area contributed by atoms with Crippen LogP contribution >= 0.6 is 0 Å². The Hall–Kier alpha value is -1.45. The number of methoxy groups -OCH3 is 1. The molecule has 5 aliphatic rings. The van der Waals surface area contributed by atoms with Crippen molar-refractivity contribution in [1.29, 1.82) is 0 Å². The second-order valence-corrected chi connectivity index (χ2v) is 9.47. The maximum Gasteiger partial charge on any atom is 0.204 e. The van der Waals surface area contributed by atoms with Crippen molar-refractivity contribution >= 4 is 6.41 Å². The SMILES string of the molecule is COCCN1CCN(C2=CCC3OC4(CCN(C5CCC5)CC4)OCC3=C2)CC1.NC=O. The van der Waals surface area contributed by atoms with E-state index in [2.05, 4.69) is 32.6 Å². The van der Waals surface area contributed by atoms with E-state index < -0.39 is 0 Å². The second kappa shape index (κ2) is 11.1. The largest absolute Gasteiger partial charge is 0.383 e. The standard InChI is InChI=1S/C23H37N3O3.CH3NO/c1-27-16-15-24-11-13-26(14-12-24)21-5-6-22-19(17-21)18-28-23(29-22)7-9-25(10-8-23)20-3-2-4-20;2-1-3/h5,17,20,22H,2-4,6-16,18H2,1H3;1H,(H2,2,3). The third kappa shape index (κ3) is 5.54. The molecule has 0 aromatic carbocycles. The summed E-state index contributed by atoms with van der Waals surface area (Å²) in [6, 6.07) is 0.835. The Morgan fingerprint density at radius 3 is 2.53 bits per heavy atom. The van der Waals surface area contributed by atoms with Gasteiger partial charge in [-0.15, -0.1) is 0 Å². The molecule has 0 aromatic rings. The monoisotopic (exact) mass is 448 g/mol. The molecule has 1 unspecified atom stereocenters. The fourth-order valence-corrected chi connectivity index (χ4v) is 5.40. The van der Waals surface area contributed by atoms with Crippen LogP contribution < -0.4 is 5.73 Å². The molecule has 0 bridgehead atoms. The molecule has 8 heteroatoms. The van der Waals surface area contributed by atoms with Crippen molar-refractivity contribution < 1.29 is 19.0 Å². The minimum absolute atomic E-state index is 0.214. The van der Waals surface area contributed by atoms with Crippen LogP contribution in [0.5, 0.6) is 0 Å². The quantitative estimate of drug-likeness (QED) is 0.636. The number of nitrogens with two attached hydrogens (primary N) is 1. The molecule has 1 spiro atoms. The summed E-state index contributed by atoms with van der Waals surface area (Å²) >= 11 is 0. The first-order valence-corrected chi connectivity index (χ1v) is 12.2. The number of nitrogens with zero attached hydrogens (tertiary/aromatic N) is 3. The first-order valence-electron chi connectivity index (χ1n) is 12.2. The highest BCUT2D eigenvalue weighted by Gasteiger charge is 2.44. The van der Waals surface area contributed by atoms with Gasteiger partial charge in [0.15, 0.2) is 5.79 Å². The number of carbonyl (C=O) groups excluding carboxylic acids is 1. The van der Waals surface area contributed by atoms with Crippen molar-refractivity contribution in [1.82, 2.24) is 14.7 Å². The molecule has 32 heavy (non-hydrogen) atoms. The molecule has 4 fully saturated rings. The summed E-state index contributed by atoms with van der Waals surface area (Å²) in [5.74, 6) is -0.333. The molecule has 1 atom stereocenters. The molecule has 3 aliphatic heterocycles. The van der Waals surface area contributed by atoms with Crippen molar-refractivity contribution in [3.05, 3.63) is 23.4 Å². The van der Waals surface area contributed by atoms with Gasteiger partial charge in [-0.1, -0.05) is 12.5 Å². The van der Waals surface area contributed by atoms with Gasteiger partial charge >= 0.3 is 0 Å². The Kier molecular flexibility index (Phi) is 8.23. The number of rotatable bonds is 5. The summed E-state index contributed by atoms with van der Waals surface area (Å²) in [4.78, 5) is 16.3. The van der Waals surface area contributed by atoms with Gasteiger partial charge in [-0.25, -0.2) is 0 Å². The lowest BCUT2D eigenvalue weighted by atomic mass is 9.88. The van der Waals surface area contributed by atoms with Crippen molar-refractivity contribution in [2.75, 3.05) is 66.1 Å². The van der Waals surface area contributed by atoms with Gasteiger partial charge in [-0.3, -0.25) is 14.6 Å². The summed E-state index contributed by atoms with van der Waals surface area (Å²) in [7, 11) is 1.78. The number of fused-ring (bicyclic) bond motifs is 1. The molecule has 1 saturated carbocycles. The van der Waals surface area contributed by atoms with Crippen molar-refractivity contribution in [2.45, 2.75) is 56.5 Å². The fourth-order valence-electron chi connectivity index (χ4n) is 5.40. The predicted octanol–water partition coefficient (Wildman–Crippen LogP) is 1.33. The molecule has 0 radical (unpaired) electrons. The Bertz CT molecular complexity index is 677. The Labute approximate surface area is 192 Å². The van der Waals surface area contributed by atoms with Crippen molar-refractivity contribution in [3.8, 4) is 0 Å². The zero-order chi connectivity index (χ0) is 22.4. The molecular formula is C24H40N4O4. The van der Waals surface area contributed by atoms with Gasteiger partial charge < -0.3 is 24.8 Å². The summed E-state index contributed by atoms with van der Waals surface area (Å²) < 4.78 is 18.2. The van der Waals surface area contributed by atoms with Crippen LogP contribution in [0.25, 0.3) is 0 Å². The lowest BCUT2D eigenvalue weighted by Gasteiger charge is -2.50. The van der Waals surface area contributed by atoms with Crippen LogP contribution in [0.15, 0.2) is 23.4 Å². The average Bonchev–Trinajstić information content (AvgIpc) is 2.79. The normalized spacial score (nSPS) is 28.7. The van der Waals surface area contributed by atoms with Gasteiger partial charge in [0.1, 0.15) is 0 Å². The highest BCUT2D eigenvalue weighted by molar-refractivity contribution is 5.42. The summed E-state index contributed by atoms with van der Waals surface area (Å²) in [5, 5.41) is 0. The smallest absolute Gasteiger partial charge is 0.204 e. The molecule has 180 valence electrons. The first kappa shape index (κ1) is 23.7. The number of primary amides is 1. The summed E-state index contributed by atoms with van der Waals surface area (Å²) in [5.41, 5.74) is 6.86. The van der Waals surface area contributed by atoms with Gasteiger partial charge in [0.2, 0.25) is 6.41 Å². The minimum atomic E-state index is -0.333. The highest BCUT2D eigenvalue weighted by atomic mass is 16.7. The topological polar surface area (TPSA) is 80.5 Å². The number of ether oxygens (including phenoxy) is 3. The maximum absolute atomic E-state index is 8.58. The number of piperidine rings is 1. The lowest BCUT2D eigenvalue weighted by Crippen LogP contribution is -2.55. The maximum atomic E-state index is 8.58. The molecule has 5 rings (SSSR count). The van der Waals surface area contributed by atoms with Gasteiger partial charge in [0.05, 0.1) is 19.3 Å². The van der Waals surface area contributed by atoms with E-state index in [4.69, 9.17) is 19.0 Å². The van der Waals surface area contributed by atoms with E-state index in [1.807, 2.05) is 0 Å². The molecule has 1 amide bonds. The van der Waals surface area contributed by atoms with E-state index in [1.54, 1.807) is 7.11 Å². The number of piperazine rings is 1. The number of hydrogen-bond acceptors (Lipinski definition) is 7. The van der Waals surface area contributed by atoms with Crippen LogP contribution in [0.4, 0.5) is 0 Å². The van der Waals surface area contributed by atoms with E-state index in [0.717, 1.165) is 84.3 Å². The van der Waals surface area contributed by atoms with E-state index >= 15 is 0 Å². The van der Waals surface area contributed by atoms with E-state index in [9.17, 15) is 0 Å². The van der Waals surface area contributed by atoms with Gasteiger partial charge in [-0.2, -0.15) is 0 Å². The fraction of sp³-hybridized carbons (Fsp3) is 0.792. The minimum Gasteiger partial charge on any atom is -0.383 e. The van der Waals surface area contributed by atoms with Crippen LogP contribution in [0.3, 0.4) is 0 Å². The van der Waals surface area contributed by atoms with Crippen molar-refractivity contribution in [3.63, 3.8) is 0 Å². The molecule has 2 N–H and O–H groups in total. The van der Waals surface area contributed by atoms with Gasteiger partial charge in [0.25, 0.3) is 0 Å². The van der Waals surface area contributed by atoms with E-state index in [0.29, 0.717) is 0 Å². The summed E-state index contributed by atoms with van der Waals surface area (Å²) in [6.07, 6.45) is 12.4. The molecular weight excluding hydrogens is 408 g/mol. The van der Waals surface area contributed by atoms with Crippen LogP contribution in [-0.4, -0.2) is 105 Å². The van der Waals surface area contributed by atoms with E-state index in [-0.39, 0.29) is 18.3 Å². The Morgan fingerprint density at radius 2 is 1.91 bits per heavy atom. The third-order valence-electron chi connectivity index (χ3n) is 7.65. The lowest BCUT2D eigenvalue weighted by molar-refractivity contribution is -0.291. The average molecular weight is 449 g/mol.